The van der Waals surface area contributed by atoms with Crippen molar-refractivity contribution in [2.75, 3.05) is 13.2 Å². The van der Waals surface area contributed by atoms with Gasteiger partial charge in [0.05, 0.1) is 6.61 Å². The highest BCUT2D eigenvalue weighted by molar-refractivity contribution is 5.87. The van der Waals surface area contributed by atoms with Crippen LogP contribution in [0.3, 0.4) is 0 Å². The lowest BCUT2D eigenvalue weighted by Crippen LogP contribution is -2.00. The maximum absolute atomic E-state index is 11.8. The van der Waals surface area contributed by atoms with Crippen LogP contribution in [0.15, 0.2) is 47.6 Å². The molecular formula is C22H30O4. The fourth-order valence-corrected chi connectivity index (χ4v) is 2.13. The van der Waals surface area contributed by atoms with Crippen LogP contribution in [0, 0.1) is 0 Å². The van der Waals surface area contributed by atoms with Crippen LogP contribution in [0.1, 0.15) is 52.5 Å². The molecule has 0 atom stereocenters. The Bertz CT molecular complexity index is 665. The van der Waals surface area contributed by atoms with E-state index in [4.69, 9.17) is 9.47 Å². The van der Waals surface area contributed by atoms with E-state index in [-0.39, 0.29) is 12.4 Å². The lowest BCUT2D eigenvalue weighted by molar-refractivity contribution is -0.136. The molecule has 0 fully saturated rings. The number of allylic oxidation sites excluding steroid dienone is 3. The van der Waals surface area contributed by atoms with Crippen molar-refractivity contribution in [3.05, 3.63) is 53.1 Å². The zero-order valence-electron chi connectivity index (χ0n) is 16.2. The number of phenolic OH excluding ortho intramolecular Hbond substituents is 1. The first kappa shape index (κ1) is 21.6. The van der Waals surface area contributed by atoms with Crippen molar-refractivity contribution in [2.45, 2.75) is 47.0 Å². The standard InChI is InChI=1S/C22H30O4/c1-5-14-25-21-16-19(9-11-20(21)23)10-12-22(24)26-15-13-18(4)8-6-7-17(2)3/h7,9-13,16,23H,5-6,8,14-15H2,1-4H3. The maximum Gasteiger partial charge on any atom is 0.331 e. The Hall–Kier alpha value is -2.49. The van der Waals surface area contributed by atoms with Crippen molar-refractivity contribution in [1.29, 1.82) is 0 Å². The molecule has 1 aromatic rings. The van der Waals surface area contributed by atoms with Crippen LogP contribution in [0.4, 0.5) is 0 Å². The van der Waals surface area contributed by atoms with Gasteiger partial charge in [-0.05, 0) is 69.9 Å². The van der Waals surface area contributed by atoms with Gasteiger partial charge in [0.15, 0.2) is 11.5 Å². The highest BCUT2D eigenvalue weighted by Crippen LogP contribution is 2.27. The molecule has 0 amide bonds. The minimum absolute atomic E-state index is 0.0897. The first-order valence-electron chi connectivity index (χ1n) is 9.02. The predicted octanol–water partition coefficient (Wildman–Crippen LogP) is 5.43. The minimum Gasteiger partial charge on any atom is -0.504 e. The second-order valence-electron chi connectivity index (χ2n) is 6.41. The zero-order chi connectivity index (χ0) is 19.4. The van der Waals surface area contributed by atoms with Crippen LogP contribution in [-0.2, 0) is 9.53 Å². The third-order valence-electron chi connectivity index (χ3n) is 3.61. The Balaban J connectivity index is 2.48. The molecule has 0 aromatic heterocycles. The molecule has 0 aliphatic carbocycles. The van der Waals surface area contributed by atoms with Gasteiger partial charge >= 0.3 is 5.97 Å². The third-order valence-corrected chi connectivity index (χ3v) is 3.61. The number of hydrogen-bond donors (Lipinski definition) is 1. The molecule has 0 saturated carbocycles. The van der Waals surface area contributed by atoms with Crippen molar-refractivity contribution in [1.82, 2.24) is 0 Å². The van der Waals surface area contributed by atoms with Gasteiger partial charge in [0.2, 0.25) is 0 Å². The Morgan fingerprint density at radius 2 is 1.96 bits per heavy atom. The van der Waals surface area contributed by atoms with Gasteiger partial charge in [-0.2, -0.15) is 0 Å². The average Bonchev–Trinajstić information content (AvgIpc) is 2.59. The minimum atomic E-state index is -0.401. The SMILES string of the molecule is CCCOc1cc(C=CC(=O)OCC=C(C)CCC=C(C)C)ccc1O. The number of rotatable bonds is 10. The molecule has 1 aromatic carbocycles. The fraction of sp³-hybridized carbons (Fsp3) is 0.409. The maximum atomic E-state index is 11.8. The topological polar surface area (TPSA) is 55.8 Å². The van der Waals surface area contributed by atoms with E-state index in [1.54, 1.807) is 24.3 Å². The number of phenols is 1. The molecule has 4 heteroatoms. The number of benzene rings is 1. The van der Waals surface area contributed by atoms with E-state index in [1.165, 1.54) is 17.2 Å². The third kappa shape index (κ3) is 9.11. The summed E-state index contributed by atoms with van der Waals surface area (Å²) in [5.74, 6) is 0.103. The fourth-order valence-electron chi connectivity index (χ4n) is 2.13. The molecule has 1 rings (SSSR count). The van der Waals surface area contributed by atoms with E-state index < -0.39 is 5.97 Å². The largest absolute Gasteiger partial charge is 0.504 e. The van der Waals surface area contributed by atoms with Crippen molar-refractivity contribution in [2.24, 2.45) is 0 Å². The van der Waals surface area contributed by atoms with Crippen LogP contribution in [0.25, 0.3) is 6.08 Å². The molecule has 1 N–H and O–H groups in total. The van der Waals surface area contributed by atoms with Crippen LogP contribution in [0.5, 0.6) is 11.5 Å². The molecule has 0 aliphatic heterocycles. The molecule has 0 spiro atoms. The van der Waals surface area contributed by atoms with Crippen molar-refractivity contribution in [3.8, 4) is 11.5 Å². The Morgan fingerprint density at radius 3 is 2.65 bits per heavy atom. The van der Waals surface area contributed by atoms with E-state index in [0.717, 1.165) is 24.8 Å². The molecule has 26 heavy (non-hydrogen) atoms. The van der Waals surface area contributed by atoms with Crippen molar-refractivity contribution in [3.63, 3.8) is 0 Å². The zero-order valence-corrected chi connectivity index (χ0v) is 16.2. The molecule has 0 aliphatic rings. The van der Waals surface area contributed by atoms with E-state index in [0.29, 0.717) is 12.4 Å². The van der Waals surface area contributed by atoms with Crippen LogP contribution < -0.4 is 4.74 Å². The lowest BCUT2D eigenvalue weighted by atomic mass is 10.1. The molecule has 0 unspecified atom stereocenters. The predicted molar refractivity (Wildman–Crippen MR) is 106 cm³/mol. The molecule has 142 valence electrons. The number of hydrogen-bond acceptors (Lipinski definition) is 4. The summed E-state index contributed by atoms with van der Waals surface area (Å²) in [6.45, 7) is 9.00. The second-order valence-corrected chi connectivity index (χ2v) is 6.41. The average molecular weight is 358 g/mol. The normalized spacial score (nSPS) is 11.5. The molecule has 0 saturated heterocycles. The molecule has 0 bridgehead atoms. The summed E-state index contributed by atoms with van der Waals surface area (Å²) in [6.07, 6.45) is 9.97. The van der Waals surface area contributed by atoms with Gasteiger partial charge in [-0.25, -0.2) is 4.79 Å². The monoisotopic (exact) mass is 358 g/mol. The van der Waals surface area contributed by atoms with Crippen LogP contribution in [-0.4, -0.2) is 24.3 Å². The number of carbonyl (C=O) groups is 1. The molecule has 4 nitrogen and oxygen atoms in total. The summed E-state index contributed by atoms with van der Waals surface area (Å²) in [7, 11) is 0. The van der Waals surface area contributed by atoms with Gasteiger partial charge in [-0.15, -0.1) is 0 Å². The number of ether oxygens (including phenoxy) is 2. The number of esters is 1. The lowest BCUT2D eigenvalue weighted by Gasteiger charge is -2.07. The quantitative estimate of drug-likeness (QED) is 0.344. The first-order chi connectivity index (χ1) is 12.4. The van der Waals surface area contributed by atoms with Crippen LogP contribution in [0.2, 0.25) is 0 Å². The number of carbonyl (C=O) groups excluding carboxylic acids is 1. The van der Waals surface area contributed by atoms with E-state index >= 15 is 0 Å². The summed E-state index contributed by atoms with van der Waals surface area (Å²) < 4.78 is 10.6. The summed E-state index contributed by atoms with van der Waals surface area (Å²) in [5.41, 5.74) is 3.28. The van der Waals surface area contributed by atoms with Gasteiger partial charge < -0.3 is 14.6 Å². The summed E-state index contributed by atoms with van der Waals surface area (Å²) >= 11 is 0. The van der Waals surface area contributed by atoms with Gasteiger partial charge in [-0.1, -0.05) is 30.2 Å². The molecular weight excluding hydrogens is 328 g/mol. The van der Waals surface area contributed by atoms with Gasteiger partial charge in [0.25, 0.3) is 0 Å². The van der Waals surface area contributed by atoms with Crippen molar-refractivity contribution < 1.29 is 19.4 Å². The smallest absolute Gasteiger partial charge is 0.331 e. The molecule has 0 heterocycles. The van der Waals surface area contributed by atoms with Crippen LogP contribution >= 0.6 is 0 Å². The summed E-state index contributed by atoms with van der Waals surface area (Å²) in [5, 5.41) is 9.75. The van der Waals surface area contributed by atoms with E-state index in [9.17, 15) is 9.90 Å². The Kier molecular flexibility index (Phi) is 9.91. The first-order valence-corrected chi connectivity index (χ1v) is 9.02. The Labute approximate surface area is 156 Å². The van der Waals surface area contributed by atoms with E-state index in [1.807, 2.05) is 19.9 Å². The summed E-state index contributed by atoms with van der Waals surface area (Å²) in [6, 6.07) is 4.96. The van der Waals surface area contributed by atoms with Gasteiger partial charge in [0.1, 0.15) is 6.61 Å². The highest BCUT2D eigenvalue weighted by Gasteiger charge is 2.03. The number of aromatic hydroxyl groups is 1. The van der Waals surface area contributed by atoms with E-state index in [2.05, 4.69) is 19.9 Å². The molecule has 0 radical (unpaired) electrons. The second kappa shape index (κ2) is 12.0. The van der Waals surface area contributed by atoms with Gasteiger partial charge in [0, 0.05) is 6.08 Å². The van der Waals surface area contributed by atoms with Crippen molar-refractivity contribution >= 4 is 12.0 Å². The summed E-state index contributed by atoms with van der Waals surface area (Å²) in [4.78, 5) is 11.8. The van der Waals surface area contributed by atoms with Gasteiger partial charge in [-0.3, -0.25) is 0 Å². The Morgan fingerprint density at radius 1 is 1.19 bits per heavy atom. The highest BCUT2D eigenvalue weighted by atomic mass is 16.5.